The third kappa shape index (κ3) is 10.6. The van der Waals surface area contributed by atoms with Gasteiger partial charge in [-0.2, -0.15) is 13.2 Å². The third-order valence-electron chi connectivity index (χ3n) is 11.6. The maximum Gasteiger partial charge on any atom is 0.411 e. The van der Waals surface area contributed by atoms with E-state index in [4.69, 9.17) is 9.47 Å². The van der Waals surface area contributed by atoms with E-state index in [0.29, 0.717) is 37.0 Å². The molecule has 4 aliphatic rings. The summed E-state index contributed by atoms with van der Waals surface area (Å²) >= 11 is 0. The number of alkyl halides is 3. The first-order valence-corrected chi connectivity index (χ1v) is 21.7. The second-order valence-corrected chi connectivity index (χ2v) is 19.5. The van der Waals surface area contributed by atoms with E-state index in [1.807, 2.05) is 43.3 Å². The Labute approximate surface area is 349 Å². The summed E-state index contributed by atoms with van der Waals surface area (Å²) in [6, 6.07) is 5.58. The molecule has 0 bridgehead atoms. The fourth-order valence-electron chi connectivity index (χ4n) is 7.52. The van der Waals surface area contributed by atoms with Gasteiger partial charge in [0.15, 0.2) is 0 Å². The molecular formula is C41H65F3N6O8S. The molecule has 3 fully saturated rings. The Kier molecular flexibility index (Phi) is 13.5. The van der Waals surface area contributed by atoms with Crippen molar-refractivity contribution >= 4 is 44.5 Å². The largest absolute Gasteiger partial charge is 0.491 e. The number of pyridine rings is 1. The Hall–Kier alpha value is -4.61. The van der Waals surface area contributed by atoms with Crippen LogP contribution in [0.15, 0.2) is 42.6 Å². The summed E-state index contributed by atoms with van der Waals surface area (Å²) in [4.78, 5) is 57.9. The zero-order valence-corrected chi connectivity index (χ0v) is 35.3. The monoisotopic (exact) mass is 858 g/mol. The van der Waals surface area contributed by atoms with Crippen LogP contribution in [0.3, 0.4) is 0 Å². The van der Waals surface area contributed by atoms with Gasteiger partial charge < -0.3 is 30.7 Å². The highest BCUT2D eigenvalue weighted by Gasteiger charge is 2.63. The second kappa shape index (κ2) is 17.5. The fraction of sp³-hybridized carbons (Fsp3) is 0.634. The van der Waals surface area contributed by atoms with Gasteiger partial charge in [-0.15, -0.1) is 0 Å². The van der Waals surface area contributed by atoms with Crippen molar-refractivity contribution in [3.05, 3.63) is 42.6 Å². The molecule has 14 nitrogen and oxygen atoms in total. The van der Waals surface area contributed by atoms with Crippen molar-refractivity contribution in [1.29, 1.82) is 0 Å². The number of rotatable bonds is 9. The van der Waals surface area contributed by atoms with E-state index in [9.17, 15) is 40.8 Å². The number of aromatic nitrogens is 1. The van der Waals surface area contributed by atoms with Crippen LogP contribution in [0.25, 0.3) is 10.8 Å². The van der Waals surface area contributed by atoms with E-state index < -0.39 is 62.0 Å². The van der Waals surface area contributed by atoms with Gasteiger partial charge in [0.05, 0.1) is 24.1 Å². The van der Waals surface area contributed by atoms with Gasteiger partial charge in [0.25, 0.3) is 5.91 Å². The van der Waals surface area contributed by atoms with E-state index in [-0.39, 0.29) is 49.3 Å². The highest BCUT2D eigenvalue weighted by Crippen LogP contribution is 2.47. The number of primary amides is 1. The van der Waals surface area contributed by atoms with Crippen LogP contribution in [-0.2, 0) is 24.4 Å². The van der Waals surface area contributed by atoms with Crippen LogP contribution in [0.4, 0.5) is 18.0 Å². The first-order valence-electron chi connectivity index (χ1n) is 20.2. The molecule has 0 radical (unpaired) electrons. The van der Waals surface area contributed by atoms with Gasteiger partial charge in [0.1, 0.15) is 29.0 Å². The van der Waals surface area contributed by atoms with E-state index in [1.165, 1.54) is 0 Å². The number of ether oxygens (including phenoxy) is 2. The van der Waals surface area contributed by atoms with Crippen molar-refractivity contribution in [2.75, 3.05) is 13.2 Å². The lowest BCUT2D eigenvalue weighted by molar-refractivity contribution is -0.182. The molecule has 2 aliphatic heterocycles. The number of hydrogen-bond acceptors (Lipinski definition) is 9. The molecule has 1 saturated heterocycles. The number of carbonyl (C=O) groups excluding carboxylic acids is 4. The molecule has 0 unspecified atom stereocenters. The molecule has 6 rings (SSSR count). The number of nitrogens with zero attached hydrogens (tertiary/aromatic N) is 2. The number of fused-ring (bicyclic) bond motifs is 3. The van der Waals surface area contributed by atoms with Crippen molar-refractivity contribution in [2.24, 2.45) is 23.5 Å². The van der Waals surface area contributed by atoms with Crippen LogP contribution in [0.1, 0.15) is 105 Å². The van der Waals surface area contributed by atoms with Gasteiger partial charge in [-0.1, -0.05) is 51.1 Å². The second-order valence-electron chi connectivity index (χ2n) is 17.3. The number of allylic oxidation sites excluding steroid dienone is 1. The summed E-state index contributed by atoms with van der Waals surface area (Å²) in [6.45, 7) is 10.3. The molecule has 2 aliphatic carbocycles. The lowest BCUT2D eigenvalue weighted by Gasteiger charge is -2.28. The van der Waals surface area contributed by atoms with Gasteiger partial charge >= 0.3 is 12.2 Å². The molecule has 1 aromatic carbocycles. The number of sulfonamides is 1. The number of urea groups is 1. The minimum atomic E-state index is -4.48. The number of hydrogen-bond donors (Lipinski definition) is 4. The number of nitrogens with one attached hydrogen (secondary N) is 3. The van der Waals surface area contributed by atoms with Crippen LogP contribution in [0, 0.1) is 17.8 Å². The Morgan fingerprint density at radius 3 is 2.39 bits per heavy atom. The molecule has 18 heteroatoms. The predicted octanol–water partition coefficient (Wildman–Crippen LogP) is 6.63. The van der Waals surface area contributed by atoms with Gasteiger partial charge in [-0.05, 0) is 83.6 Å². The highest BCUT2D eigenvalue weighted by atomic mass is 32.2. The van der Waals surface area contributed by atoms with E-state index in [2.05, 4.69) is 34.6 Å². The topological polar surface area (TPSA) is 199 Å². The van der Waals surface area contributed by atoms with Crippen LogP contribution >= 0.6 is 0 Å². The minimum absolute atomic E-state index is 0. The lowest BCUT2D eigenvalue weighted by Crippen LogP contribution is -2.57. The van der Waals surface area contributed by atoms with Gasteiger partial charge in [-0.25, -0.2) is 18.2 Å². The lowest BCUT2D eigenvalue weighted by atomic mass is 9.91. The number of benzene rings is 1. The van der Waals surface area contributed by atoms with Gasteiger partial charge in [-0.3, -0.25) is 19.1 Å². The van der Waals surface area contributed by atoms with Crippen LogP contribution in [0.2, 0.25) is 0 Å². The SMILES string of the molecule is CC(C)(NC(N)=O)C(F)(F)F.CCCOc1cnc(O[C@@H]2C[C@H]3C(=O)N[C@]4(C(=O)NS(=O)(=O)C5(C)CC5)C[C@H]4/C=C\CC[C@@H](C)C[C@@H](C)CC(=O)N3C2)c2ccccc12.[HH].[HH].[HH].[HH]. The molecule has 5 N–H and O–H groups in total. The van der Waals surface area contributed by atoms with E-state index >= 15 is 0 Å². The summed E-state index contributed by atoms with van der Waals surface area (Å²) in [5, 5.41) is 6.13. The molecule has 2 aromatic rings. The molecule has 1 aromatic heterocycles. The zero-order chi connectivity index (χ0) is 43.6. The maximum absolute atomic E-state index is 14.1. The first kappa shape index (κ1) is 45.5. The normalized spacial score (nSPS) is 27.6. The summed E-state index contributed by atoms with van der Waals surface area (Å²) in [5.74, 6) is -0.179. The van der Waals surface area contributed by atoms with Crippen molar-refractivity contribution < 1.29 is 55.9 Å². The maximum atomic E-state index is 14.1. The smallest absolute Gasteiger partial charge is 0.411 e. The summed E-state index contributed by atoms with van der Waals surface area (Å²) < 4.78 is 75.5. The Balaban J connectivity index is 0.00000117. The molecule has 5 amide bonds. The molecule has 334 valence electrons. The molecule has 59 heavy (non-hydrogen) atoms. The number of nitrogens with two attached hydrogens (primary N) is 1. The number of carbonyl (C=O) groups is 4. The van der Waals surface area contributed by atoms with Crippen LogP contribution < -0.4 is 30.6 Å². The van der Waals surface area contributed by atoms with Crippen molar-refractivity contribution in [3.63, 3.8) is 0 Å². The quantitative estimate of drug-likeness (QED) is 0.200. The Bertz CT molecular complexity index is 2060. The summed E-state index contributed by atoms with van der Waals surface area (Å²) in [6.07, 6.45) is 5.74. The molecule has 3 heterocycles. The summed E-state index contributed by atoms with van der Waals surface area (Å²) in [7, 11) is -3.91. The van der Waals surface area contributed by atoms with Gasteiger partial charge in [0, 0.05) is 35.2 Å². The third-order valence-corrected chi connectivity index (χ3v) is 13.8. The predicted molar refractivity (Wildman–Crippen MR) is 223 cm³/mol. The Morgan fingerprint density at radius 2 is 1.78 bits per heavy atom. The van der Waals surface area contributed by atoms with Crippen molar-refractivity contribution in [2.45, 2.75) is 133 Å². The molecule has 0 spiro atoms. The summed E-state index contributed by atoms with van der Waals surface area (Å²) in [5.41, 5.74) is 0.848. The highest BCUT2D eigenvalue weighted by molar-refractivity contribution is 7.91. The average molecular weight is 859 g/mol. The standard InChI is InChI=1S/C36H48N4O7S.C5H9F3N2O.4H2/c1-5-16-46-30-21-37-33(28-13-9-8-12-27(28)30)47-26-19-29-32(42)38-36(34(43)39-48(44,45)35(4)14-15-35)20-25(36)11-7-6-10-23(2)17-24(3)18-31(41)40(29)22-26;1-4(2,5(6,7)8)10-3(9)11;;;;/h7-9,11-13,21,23-26,29H,5-6,10,14-20,22H2,1-4H3,(H,38,42)(H,39,43);1-2H3,(H3,9,10,11);4*1H/b11-7-;;;;;/t23-,24-,25-,26-,29+,36-;;;;;/m1...../s1. The average Bonchev–Trinajstić information content (AvgIpc) is 4.02. The molecule has 6 atom stereocenters. The first-order chi connectivity index (χ1) is 27.5. The number of halogens is 3. The fourth-order valence-corrected chi connectivity index (χ4v) is 8.83. The van der Waals surface area contributed by atoms with E-state index in [1.54, 1.807) is 23.3 Å². The van der Waals surface area contributed by atoms with Gasteiger partial charge in [0.2, 0.25) is 27.7 Å². The minimum Gasteiger partial charge on any atom is -0.491 e. The molecule has 2 saturated carbocycles. The van der Waals surface area contributed by atoms with Crippen molar-refractivity contribution in [1.82, 2.24) is 25.2 Å². The number of amides is 5. The zero-order valence-electron chi connectivity index (χ0n) is 34.5. The Morgan fingerprint density at radius 1 is 1.10 bits per heavy atom. The molecular weight excluding hydrogens is 794 g/mol. The van der Waals surface area contributed by atoms with Crippen LogP contribution in [0.5, 0.6) is 11.6 Å². The van der Waals surface area contributed by atoms with Crippen LogP contribution in [-0.4, -0.2) is 89.4 Å². The van der Waals surface area contributed by atoms with Crippen molar-refractivity contribution in [3.8, 4) is 11.6 Å². The van der Waals surface area contributed by atoms with E-state index in [0.717, 1.165) is 50.3 Å².